The lowest BCUT2D eigenvalue weighted by Crippen LogP contribution is -2.32. The van der Waals surface area contributed by atoms with Gasteiger partial charge < -0.3 is 5.73 Å². The molecule has 0 aliphatic rings. The summed E-state index contributed by atoms with van der Waals surface area (Å²) >= 11 is 0. The predicted molar refractivity (Wildman–Crippen MR) is 60.4 cm³/mol. The molecule has 2 N–H and O–H groups in total. The molecule has 0 aliphatic carbocycles. The molecule has 0 unspecified atom stereocenters. The average molecular weight is 187 g/mol. The fourth-order valence-corrected chi connectivity index (χ4v) is 1.31. The van der Waals surface area contributed by atoms with Crippen molar-refractivity contribution in [1.29, 1.82) is 0 Å². The number of nitrogen functional groups attached to an aromatic ring is 1. The number of allylic oxidation sites excluding steroid dienone is 4. The van der Waals surface area contributed by atoms with Gasteiger partial charge in [-0.25, -0.2) is 0 Å². The zero-order valence-corrected chi connectivity index (χ0v) is 8.40. The summed E-state index contributed by atoms with van der Waals surface area (Å²) in [5.74, 6) is 0. The van der Waals surface area contributed by atoms with Gasteiger partial charge in [-0.05, 0) is 12.1 Å². The van der Waals surface area contributed by atoms with Crippen molar-refractivity contribution in [2.75, 3.05) is 5.73 Å². The first-order valence-electron chi connectivity index (χ1n) is 4.39. The highest BCUT2D eigenvalue weighted by molar-refractivity contribution is 5.71. The van der Waals surface area contributed by atoms with E-state index in [2.05, 4.69) is 13.2 Å². The van der Waals surface area contributed by atoms with Crippen molar-refractivity contribution < 1.29 is 4.57 Å². The van der Waals surface area contributed by atoms with E-state index >= 15 is 0 Å². The molecule has 0 radical (unpaired) electrons. The van der Waals surface area contributed by atoms with Gasteiger partial charge in [-0.15, -0.1) is 0 Å². The smallest absolute Gasteiger partial charge is 0.212 e. The van der Waals surface area contributed by atoms with Crippen LogP contribution in [0.1, 0.15) is 5.69 Å². The Morgan fingerprint density at radius 1 is 1.43 bits per heavy atom. The maximum atomic E-state index is 5.66. The second-order valence-corrected chi connectivity index (χ2v) is 3.02. The molecule has 1 heterocycles. The van der Waals surface area contributed by atoms with Crippen LogP contribution in [-0.2, 0) is 7.05 Å². The standard InChI is InChI=1S/C12H15N2/c1-4-6-10(5-2)12-8-7-11(13)9-14(12)3/h4-9H,1-2,13H2,3H3/q+1/b10-6+. The van der Waals surface area contributed by atoms with Gasteiger partial charge in [0.05, 0.1) is 5.69 Å². The third-order valence-corrected chi connectivity index (χ3v) is 1.97. The van der Waals surface area contributed by atoms with Crippen molar-refractivity contribution in [3.05, 3.63) is 55.4 Å². The summed E-state index contributed by atoms with van der Waals surface area (Å²) in [6.07, 6.45) is 7.33. The Labute approximate surface area is 84.7 Å². The van der Waals surface area contributed by atoms with E-state index in [-0.39, 0.29) is 0 Å². The molecule has 1 aromatic rings. The van der Waals surface area contributed by atoms with E-state index in [1.807, 2.05) is 36.0 Å². The van der Waals surface area contributed by atoms with Gasteiger partial charge in [0, 0.05) is 11.6 Å². The molecule has 72 valence electrons. The Bertz CT molecular complexity index is 389. The molecule has 0 saturated heterocycles. The molecular formula is C12H15N2+. The van der Waals surface area contributed by atoms with Crippen LogP contribution in [0.15, 0.2) is 49.7 Å². The lowest BCUT2D eigenvalue weighted by molar-refractivity contribution is -0.673. The Hall–Kier alpha value is -1.83. The van der Waals surface area contributed by atoms with Crippen LogP contribution >= 0.6 is 0 Å². The van der Waals surface area contributed by atoms with Gasteiger partial charge >= 0.3 is 0 Å². The van der Waals surface area contributed by atoms with Crippen molar-refractivity contribution in [1.82, 2.24) is 0 Å². The molecule has 2 heteroatoms. The second-order valence-electron chi connectivity index (χ2n) is 3.02. The first-order valence-corrected chi connectivity index (χ1v) is 4.39. The van der Waals surface area contributed by atoms with Crippen LogP contribution in [0.4, 0.5) is 5.69 Å². The largest absolute Gasteiger partial charge is 0.394 e. The summed E-state index contributed by atoms with van der Waals surface area (Å²) in [7, 11) is 1.95. The summed E-state index contributed by atoms with van der Waals surface area (Å²) < 4.78 is 1.96. The summed E-state index contributed by atoms with van der Waals surface area (Å²) in [6.45, 7) is 7.42. The topological polar surface area (TPSA) is 29.9 Å². The maximum absolute atomic E-state index is 5.66. The van der Waals surface area contributed by atoms with Gasteiger partial charge in [0.25, 0.3) is 0 Å². The molecule has 0 fully saturated rings. The highest BCUT2D eigenvalue weighted by Crippen LogP contribution is 2.12. The summed E-state index contributed by atoms with van der Waals surface area (Å²) in [5, 5.41) is 0. The summed E-state index contributed by atoms with van der Waals surface area (Å²) in [4.78, 5) is 0. The van der Waals surface area contributed by atoms with Crippen LogP contribution in [0.3, 0.4) is 0 Å². The number of nitrogens with two attached hydrogens (primary N) is 1. The second kappa shape index (κ2) is 4.42. The third kappa shape index (κ3) is 2.10. The van der Waals surface area contributed by atoms with Crippen LogP contribution in [0.5, 0.6) is 0 Å². The fraction of sp³-hybridized carbons (Fsp3) is 0.0833. The van der Waals surface area contributed by atoms with E-state index in [0.717, 1.165) is 17.0 Å². The van der Waals surface area contributed by atoms with Crippen LogP contribution in [0, 0.1) is 0 Å². The first-order chi connectivity index (χ1) is 6.69. The van der Waals surface area contributed by atoms with Gasteiger partial charge in [0.1, 0.15) is 7.05 Å². The molecule has 1 aromatic heterocycles. The van der Waals surface area contributed by atoms with Crippen LogP contribution in [0.25, 0.3) is 5.57 Å². The Morgan fingerprint density at radius 3 is 2.64 bits per heavy atom. The lowest BCUT2D eigenvalue weighted by atomic mass is 10.1. The van der Waals surface area contributed by atoms with Gasteiger partial charge in [-0.2, -0.15) is 4.57 Å². The van der Waals surface area contributed by atoms with Crippen molar-refractivity contribution >= 4 is 11.3 Å². The normalized spacial score (nSPS) is 11.1. The highest BCUT2D eigenvalue weighted by atomic mass is 14.9. The molecule has 0 bridgehead atoms. The number of hydrogen-bond acceptors (Lipinski definition) is 1. The molecule has 0 aromatic carbocycles. The highest BCUT2D eigenvalue weighted by Gasteiger charge is 2.08. The molecule has 0 spiro atoms. The number of nitrogens with zero attached hydrogens (tertiary/aromatic N) is 1. The molecule has 0 aliphatic heterocycles. The van der Waals surface area contributed by atoms with Gasteiger partial charge in [-0.1, -0.05) is 25.3 Å². The van der Waals surface area contributed by atoms with Gasteiger partial charge in [0.2, 0.25) is 5.69 Å². The van der Waals surface area contributed by atoms with E-state index < -0.39 is 0 Å². The van der Waals surface area contributed by atoms with Crippen molar-refractivity contribution in [2.45, 2.75) is 0 Å². The zero-order chi connectivity index (χ0) is 10.6. The Kier molecular flexibility index (Phi) is 3.24. The average Bonchev–Trinajstić information content (AvgIpc) is 2.15. The van der Waals surface area contributed by atoms with Gasteiger partial charge in [0.15, 0.2) is 6.20 Å². The van der Waals surface area contributed by atoms with Crippen LogP contribution in [0.2, 0.25) is 0 Å². The fourth-order valence-electron chi connectivity index (χ4n) is 1.31. The summed E-state index contributed by atoms with van der Waals surface area (Å²) in [5.41, 5.74) is 8.50. The molecule has 0 amide bonds. The van der Waals surface area contributed by atoms with Crippen molar-refractivity contribution in [3.63, 3.8) is 0 Å². The maximum Gasteiger partial charge on any atom is 0.212 e. The first kappa shape index (κ1) is 10.3. The Balaban J connectivity index is 3.24. The van der Waals surface area contributed by atoms with Crippen molar-refractivity contribution in [2.24, 2.45) is 7.05 Å². The zero-order valence-electron chi connectivity index (χ0n) is 8.40. The molecule has 1 rings (SSSR count). The number of rotatable bonds is 3. The Morgan fingerprint density at radius 2 is 2.14 bits per heavy atom. The number of aromatic nitrogens is 1. The molecule has 0 atom stereocenters. The monoisotopic (exact) mass is 187 g/mol. The van der Waals surface area contributed by atoms with E-state index in [4.69, 9.17) is 5.73 Å². The molecule has 0 saturated carbocycles. The van der Waals surface area contributed by atoms with E-state index in [0.29, 0.717) is 0 Å². The van der Waals surface area contributed by atoms with Gasteiger partial charge in [-0.3, -0.25) is 0 Å². The minimum absolute atomic E-state index is 0.748. The van der Waals surface area contributed by atoms with E-state index in [1.54, 1.807) is 12.2 Å². The minimum atomic E-state index is 0.748. The molecule has 14 heavy (non-hydrogen) atoms. The number of hydrogen-bond donors (Lipinski definition) is 1. The quantitative estimate of drug-likeness (QED) is 0.568. The summed E-state index contributed by atoms with van der Waals surface area (Å²) in [6, 6.07) is 3.84. The van der Waals surface area contributed by atoms with Crippen LogP contribution in [-0.4, -0.2) is 0 Å². The van der Waals surface area contributed by atoms with E-state index in [1.165, 1.54) is 0 Å². The minimum Gasteiger partial charge on any atom is -0.394 e. The predicted octanol–water partition coefficient (Wildman–Crippen LogP) is 1.85. The number of pyridine rings is 1. The molecule has 2 nitrogen and oxygen atoms in total. The van der Waals surface area contributed by atoms with E-state index in [9.17, 15) is 0 Å². The lowest BCUT2D eigenvalue weighted by Gasteiger charge is -2.00. The third-order valence-electron chi connectivity index (χ3n) is 1.97. The SMILES string of the molecule is C=C/C=C(\C=C)c1ccc(N)c[n+]1C. The van der Waals surface area contributed by atoms with Crippen molar-refractivity contribution in [3.8, 4) is 0 Å². The van der Waals surface area contributed by atoms with Crippen LogP contribution < -0.4 is 10.3 Å². The number of aryl methyl sites for hydroxylation is 1. The molecular weight excluding hydrogens is 172 g/mol. The number of anilines is 1.